The molecule has 0 heterocycles. The zero-order valence-corrected chi connectivity index (χ0v) is 10.1. The number of hydrogen-bond acceptors (Lipinski definition) is 3. The van der Waals surface area contributed by atoms with Crippen LogP contribution in [0, 0.1) is 11.3 Å². The van der Waals surface area contributed by atoms with Crippen molar-refractivity contribution in [2.75, 3.05) is 18.5 Å². The van der Waals surface area contributed by atoms with Gasteiger partial charge in [-0.1, -0.05) is 19.1 Å². The molecular formula is C13H18N2O. The Morgan fingerprint density at radius 2 is 2.06 bits per heavy atom. The predicted octanol–water partition coefficient (Wildman–Crippen LogP) is 2.16. The largest absolute Gasteiger partial charge is 0.388 e. The van der Waals surface area contributed by atoms with Gasteiger partial charge in [0, 0.05) is 13.6 Å². The lowest BCUT2D eigenvalue weighted by Gasteiger charge is -2.29. The minimum atomic E-state index is -0.725. The summed E-state index contributed by atoms with van der Waals surface area (Å²) in [5.74, 6) is 0. The minimum Gasteiger partial charge on any atom is -0.388 e. The summed E-state index contributed by atoms with van der Waals surface area (Å²) in [6, 6.07) is 9.57. The van der Waals surface area contributed by atoms with E-state index in [0.29, 0.717) is 18.5 Å². The summed E-state index contributed by atoms with van der Waals surface area (Å²) in [5, 5.41) is 19.0. The second kappa shape index (κ2) is 5.00. The molecule has 1 aromatic carbocycles. The molecule has 0 aliphatic carbocycles. The standard InChI is InChI=1S/C13H18N2O/c1-4-13(2,16)10-15(3)12-8-6-5-7-11(12)9-14/h5-8,16H,4,10H2,1-3H3. The van der Waals surface area contributed by atoms with Crippen molar-refractivity contribution >= 4 is 5.69 Å². The van der Waals surface area contributed by atoms with E-state index in [1.165, 1.54) is 0 Å². The molecule has 1 unspecified atom stereocenters. The fourth-order valence-electron chi connectivity index (χ4n) is 1.61. The number of anilines is 1. The summed E-state index contributed by atoms with van der Waals surface area (Å²) in [6.45, 7) is 4.27. The molecule has 0 aliphatic heterocycles. The van der Waals surface area contributed by atoms with Gasteiger partial charge in [-0.05, 0) is 25.5 Å². The molecule has 1 atom stereocenters. The van der Waals surface area contributed by atoms with Crippen LogP contribution in [0.2, 0.25) is 0 Å². The van der Waals surface area contributed by atoms with Gasteiger partial charge >= 0.3 is 0 Å². The third kappa shape index (κ3) is 2.98. The van der Waals surface area contributed by atoms with Crippen LogP contribution in [0.1, 0.15) is 25.8 Å². The highest BCUT2D eigenvalue weighted by molar-refractivity contribution is 5.58. The topological polar surface area (TPSA) is 47.3 Å². The van der Waals surface area contributed by atoms with E-state index in [1.807, 2.05) is 37.1 Å². The van der Waals surface area contributed by atoms with Gasteiger partial charge in [0.25, 0.3) is 0 Å². The Bertz CT molecular complexity index is 393. The predicted molar refractivity (Wildman–Crippen MR) is 65.3 cm³/mol. The molecular weight excluding hydrogens is 200 g/mol. The van der Waals surface area contributed by atoms with E-state index in [1.54, 1.807) is 13.0 Å². The molecule has 0 saturated carbocycles. The average molecular weight is 218 g/mol. The number of rotatable bonds is 4. The Labute approximate surface area is 96.9 Å². The Balaban J connectivity index is 2.89. The summed E-state index contributed by atoms with van der Waals surface area (Å²) < 4.78 is 0. The molecule has 16 heavy (non-hydrogen) atoms. The number of benzene rings is 1. The van der Waals surface area contributed by atoms with E-state index in [2.05, 4.69) is 6.07 Å². The molecule has 0 aliphatic rings. The van der Waals surface area contributed by atoms with Crippen molar-refractivity contribution in [1.29, 1.82) is 5.26 Å². The Kier molecular flexibility index (Phi) is 3.92. The fourth-order valence-corrected chi connectivity index (χ4v) is 1.61. The number of aliphatic hydroxyl groups is 1. The lowest BCUT2D eigenvalue weighted by Crippen LogP contribution is -2.38. The molecule has 0 radical (unpaired) electrons. The van der Waals surface area contributed by atoms with Gasteiger partial charge in [0.1, 0.15) is 6.07 Å². The molecule has 0 spiro atoms. The fraction of sp³-hybridized carbons (Fsp3) is 0.462. The highest BCUT2D eigenvalue weighted by Crippen LogP contribution is 2.21. The summed E-state index contributed by atoms with van der Waals surface area (Å²) >= 11 is 0. The second-order valence-electron chi connectivity index (χ2n) is 4.34. The zero-order valence-electron chi connectivity index (χ0n) is 10.1. The van der Waals surface area contributed by atoms with Crippen LogP contribution >= 0.6 is 0 Å². The highest BCUT2D eigenvalue weighted by Gasteiger charge is 2.21. The molecule has 1 rings (SSSR count). The molecule has 1 aromatic rings. The Morgan fingerprint density at radius 3 is 2.62 bits per heavy atom. The lowest BCUT2D eigenvalue weighted by atomic mass is 10.0. The summed E-state index contributed by atoms with van der Waals surface area (Å²) in [4.78, 5) is 1.92. The number of nitrogens with zero attached hydrogens (tertiary/aromatic N) is 2. The molecule has 3 heteroatoms. The van der Waals surface area contributed by atoms with Gasteiger partial charge in [-0.25, -0.2) is 0 Å². The monoisotopic (exact) mass is 218 g/mol. The first-order valence-electron chi connectivity index (χ1n) is 5.43. The van der Waals surface area contributed by atoms with Crippen LogP contribution in [0.15, 0.2) is 24.3 Å². The average Bonchev–Trinajstić information content (AvgIpc) is 2.28. The van der Waals surface area contributed by atoms with Crippen molar-refractivity contribution in [2.45, 2.75) is 25.9 Å². The van der Waals surface area contributed by atoms with Crippen LogP contribution < -0.4 is 4.90 Å². The van der Waals surface area contributed by atoms with Crippen molar-refractivity contribution in [2.24, 2.45) is 0 Å². The van der Waals surface area contributed by atoms with Gasteiger partial charge in [-0.3, -0.25) is 0 Å². The number of likely N-dealkylation sites (N-methyl/N-ethyl adjacent to an activating group) is 1. The maximum Gasteiger partial charge on any atom is 0.101 e. The van der Waals surface area contributed by atoms with Crippen LogP contribution in [-0.2, 0) is 0 Å². The summed E-state index contributed by atoms with van der Waals surface area (Å²) in [7, 11) is 1.89. The second-order valence-corrected chi connectivity index (χ2v) is 4.34. The van der Waals surface area contributed by atoms with Crippen molar-refractivity contribution in [3.05, 3.63) is 29.8 Å². The van der Waals surface area contributed by atoms with Gasteiger partial charge < -0.3 is 10.0 Å². The van der Waals surface area contributed by atoms with Crippen molar-refractivity contribution in [3.63, 3.8) is 0 Å². The smallest absolute Gasteiger partial charge is 0.101 e. The van der Waals surface area contributed by atoms with E-state index in [9.17, 15) is 5.11 Å². The third-order valence-electron chi connectivity index (χ3n) is 2.78. The normalized spacial score (nSPS) is 13.9. The van der Waals surface area contributed by atoms with Gasteiger partial charge in [0.15, 0.2) is 0 Å². The first-order valence-corrected chi connectivity index (χ1v) is 5.43. The van der Waals surface area contributed by atoms with Gasteiger partial charge in [-0.15, -0.1) is 0 Å². The first kappa shape index (κ1) is 12.5. The molecule has 1 N–H and O–H groups in total. The van der Waals surface area contributed by atoms with Crippen LogP contribution in [0.4, 0.5) is 5.69 Å². The van der Waals surface area contributed by atoms with Crippen LogP contribution in [-0.4, -0.2) is 24.3 Å². The van der Waals surface area contributed by atoms with E-state index >= 15 is 0 Å². The zero-order chi connectivity index (χ0) is 12.2. The van der Waals surface area contributed by atoms with Crippen molar-refractivity contribution in [1.82, 2.24) is 0 Å². The molecule has 0 aromatic heterocycles. The molecule has 0 saturated heterocycles. The summed E-state index contributed by atoms with van der Waals surface area (Å²) in [5.41, 5.74) is 0.771. The molecule has 86 valence electrons. The quantitative estimate of drug-likeness (QED) is 0.842. The maximum absolute atomic E-state index is 9.99. The van der Waals surface area contributed by atoms with E-state index in [4.69, 9.17) is 5.26 Å². The van der Waals surface area contributed by atoms with E-state index < -0.39 is 5.60 Å². The number of para-hydroxylation sites is 1. The Morgan fingerprint density at radius 1 is 1.44 bits per heavy atom. The van der Waals surface area contributed by atoms with Gasteiger partial charge in [0.2, 0.25) is 0 Å². The number of hydrogen-bond donors (Lipinski definition) is 1. The Hall–Kier alpha value is -1.53. The molecule has 0 fully saturated rings. The van der Waals surface area contributed by atoms with E-state index in [0.717, 1.165) is 5.69 Å². The lowest BCUT2D eigenvalue weighted by molar-refractivity contribution is 0.0641. The van der Waals surface area contributed by atoms with Crippen LogP contribution in [0.25, 0.3) is 0 Å². The van der Waals surface area contributed by atoms with Crippen LogP contribution in [0.3, 0.4) is 0 Å². The van der Waals surface area contributed by atoms with Gasteiger partial charge in [0.05, 0.1) is 16.9 Å². The first-order chi connectivity index (χ1) is 7.50. The SMILES string of the molecule is CCC(C)(O)CN(C)c1ccccc1C#N. The van der Waals surface area contributed by atoms with Crippen molar-refractivity contribution < 1.29 is 5.11 Å². The van der Waals surface area contributed by atoms with Crippen molar-refractivity contribution in [3.8, 4) is 6.07 Å². The third-order valence-corrected chi connectivity index (χ3v) is 2.78. The number of nitriles is 1. The summed E-state index contributed by atoms with van der Waals surface area (Å²) in [6.07, 6.45) is 0.687. The minimum absolute atomic E-state index is 0.516. The van der Waals surface area contributed by atoms with Crippen LogP contribution in [0.5, 0.6) is 0 Å². The van der Waals surface area contributed by atoms with Gasteiger partial charge in [-0.2, -0.15) is 5.26 Å². The molecule has 3 nitrogen and oxygen atoms in total. The maximum atomic E-state index is 9.99. The van der Waals surface area contributed by atoms with E-state index in [-0.39, 0.29) is 0 Å². The molecule has 0 amide bonds. The highest BCUT2D eigenvalue weighted by atomic mass is 16.3. The molecule has 0 bridgehead atoms.